The molecule has 0 amide bonds. The second kappa shape index (κ2) is 14.7. The van der Waals surface area contributed by atoms with Crippen LogP contribution in [0.1, 0.15) is 103 Å². The molecule has 0 radical (unpaired) electrons. The normalized spacial score (nSPS) is 30.6. The third kappa shape index (κ3) is 9.06. The van der Waals surface area contributed by atoms with Crippen LogP contribution in [-0.2, 0) is 4.74 Å². The second-order valence-corrected chi connectivity index (χ2v) is 8.46. The quantitative estimate of drug-likeness (QED) is 0.253. The fourth-order valence-corrected chi connectivity index (χ4v) is 4.00. The summed E-state index contributed by atoms with van der Waals surface area (Å²) in [6.45, 7) is 1.73. The Kier molecular flexibility index (Phi) is 13.5. The Morgan fingerprint density at radius 1 is 0.679 bits per heavy atom. The van der Waals surface area contributed by atoms with E-state index in [4.69, 9.17) is 4.74 Å². The molecule has 1 saturated heterocycles. The summed E-state index contributed by atoms with van der Waals surface area (Å²) in [6.07, 6.45) is 11.7. The third-order valence-corrected chi connectivity index (χ3v) is 5.94. The summed E-state index contributed by atoms with van der Waals surface area (Å²) >= 11 is 0. The Morgan fingerprint density at radius 3 is 1.54 bits per heavy atom. The van der Waals surface area contributed by atoms with Gasteiger partial charge < -0.3 is 30.3 Å². The minimum atomic E-state index is -1.91. The predicted molar refractivity (Wildman–Crippen MR) is 110 cm³/mol. The van der Waals surface area contributed by atoms with E-state index >= 15 is 0 Å². The number of hydrogen-bond donors (Lipinski definition) is 5. The smallest absolute Gasteiger partial charge is 0.195 e. The van der Waals surface area contributed by atoms with Crippen molar-refractivity contribution in [2.45, 2.75) is 133 Å². The first-order chi connectivity index (χ1) is 13.5. The van der Waals surface area contributed by atoms with Crippen LogP contribution in [0.3, 0.4) is 0 Å². The second-order valence-electron chi connectivity index (χ2n) is 8.46. The number of aliphatic hydroxyl groups excluding tert-OH is 4. The topological polar surface area (TPSA) is 110 Å². The largest absolute Gasteiger partial charge is 0.394 e. The van der Waals surface area contributed by atoms with Gasteiger partial charge in [-0.2, -0.15) is 0 Å². The molecule has 5 atom stereocenters. The number of unbranched alkanes of at least 4 members (excludes halogenated alkanes) is 13. The van der Waals surface area contributed by atoms with E-state index < -0.39 is 36.8 Å². The van der Waals surface area contributed by atoms with Crippen molar-refractivity contribution in [2.75, 3.05) is 6.61 Å². The van der Waals surface area contributed by atoms with Gasteiger partial charge >= 0.3 is 0 Å². The lowest BCUT2D eigenvalue weighted by Gasteiger charge is -2.45. The maximum Gasteiger partial charge on any atom is 0.195 e. The van der Waals surface area contributed by atoms with Gasteiger partial charge in [-0.05, 0) is 6.42 Å². The SMILES string of the molecule is CCCCCCCCCCCCCCCC[C@]1(O)O[C@H](CO)[C@@H](O)[C@H](O)[C@H]1O. The van der Waals surface area contributed by atoms with E-state index in [0.717, 1.165) is 12.8 Å². The number of rotatable bonds is 16. The van der Waals surface area contributed by atoms with Crippen LogP contribution in [0.4, 0.5) is 0 Å². The van der Waals surface area contributed by atoms with Crippen LogP contribution in [0.25, 0.3) is 0 Å². The molecule has 0 aliphatic carbocycles. The highest BCUT2D eigenvalue weighted by Crippen LogP contribution is 2.32. The molecule has 0 unspecified atom stereocenters. The zero-order valence-electron chi connectivity index (χ0n) is 17.8. The molecule has 0 bridgehead atoms. The molecule has 6 nitrogen and oxygen atoms in total. The van der Waals surface area contributed by atoms with Gasteiger partial charge in [0.05, 0.1) is 6.61 Å². The Hall–Kier alpha value is -0.240. The number of aliphatic hydroxyl groups is 5. The van der Waals surface area contributed by atoms with Gasteiger partial charge in [0.2, 0.25) is 0 Å². The first-order valence-corrected chi connectivity index (χ1v) is 11.5. The van der Waals surface area contributed by atoms with Crippen molar-refractivity contribution in [1.29, 1.82) is 0 Å². The summed E-state index contributed by atoms with van der Waals surface area (Å²) in [4.78, 5) is 0. The molecular formula is C22H44O6. The maximum absolute atomic E-state index is 10.5. The first-order valence-electron chi connectivity index (χ1n) is 11.5. The summed E-state index contributed by atoms with van der Waals surface area (Å²) < 4.78 is 5.28. The van der Waals surface area contributed by atoms with Crippen LogP contribution >= 0.6 is 0 Å². The molecule has 0 aromatic rings. The minimum absolute atomic E-state index is 0.173. The molecule has 1 heterocycles. The van der Waals surface area contributed by atoms with Crippen LogP contribution < -0.4 is 0 Å². The molecule has 0 saturated carbocycles. The fraction of sp³-hybridized carbons (Fsp3) is 1.00. The highest BCUT2D eigenvalue weighted by molar-refractivity contribution is 4.95. The van der Waals surface area contributed by atoms with Gasteiger partial charge in [0.25, 0.3) is 0 Å². The Morgan fingerprint density at radius 2 is 1.11 bits per heavy atom. The van der Waals surface area contributed by atoms with Crippen molar-refractivity contribution in [1.82, 2.24) is 0 Å². The minimum Gasteiger partial charge on any atom is -0.394 e. The molecule has 5 N–H and O–H groups in total. The van der Waals surface area contributed by atoms with Crippen LogP contribution in [0.5, 0.6) is 0 Å². The van der Waals surface area contributed by atoms with E-state index in [2.05, 4.69) is 6.92 Å². The lowest BCUT2D eigenvalue weighted by atomic mass is 9.89. The van der Waals surface area contributed by atoms with Gasteiger partial charge in [0, 0.05) is 6.42 Å². The third-order valence-electron chi connectivity index (χ3n) is 5.94. The van der Waals surface area contributed by atoms with E-state index in [0.29, 0.717) is 6.42 Å². The van der Waals surface area contributed by atoms with Crippen LogP contribution in [0.2, 0.25) is 0 Å². The molecule has 168 valence electrons. The van der Waals surface area contributed by atoms with Gasteiger partial charge in [-0.25, -0.2) is 0 Å². The van der Waals surface area contributed by atoms with Crippen molar-refractivity contribution >= 4 is 0 Å². The zero-order chi connectivity index (χ0) is 20.8. The summed E-state index contributed by atoms with van der Waals surface area (Å²) in [5.41, 5.74) is 0. The van der Waals surface area contributed by atoms with Crippen molar-refractivity contribution in [3.8, 4) is 0 Å². The van der Waals surface area contributed by atoms with Gasteiger partial charge in [0.15, 0.2) is 5.79 Å². The van der Waals surface area contributed by atoms with E-state index in [1.165, 1.54) is 70.6 Å². The molecule has 0 spiro atoms. The molecule has 6 heteroatoms. The van der Waals surface area contributed by atoms with Crippen LogP contribution in [0, 0.1) is 0 Å². The standard InChI is InChI=1S/C22H44O6/c1-2-3-4-5-6-7-8-9-10-11-12-13-14-15-16-22(27)21(26)20(25)19(24)18(17-23)28-22/h18-21,23-27H,2-17H2,1H3/t18-,19-,20+,21-,22+/m1/s1. The summed E-state index contributed by atoms with van der Waals surface area (Å²) in [7, 11) is 0. The van der Waals surface area contributed by atoms with Crippen molar-refractivity contribution in [3.63, 3.8) is 0 Å². The summed E-state index contributed by atoms with van der Waals surface area (Å²) in [5, 5.41) is 49.3. The van der Waals surface area contributed by atoms with Gasteiger partial charge in [0.1, 0.15) is 24.4 Å². The summed E-state index contributed by atoms with van der Waals surface area (Å²) in [5.74, 6) is -1.91. The Balaban J connectivity index is 2.02. The molecule has 0 aromatic heterocycles. The van der Waals surface area contributed by atoms with Crippen molar-refractivity contribution < 1.29 is 30.3 Å². The van der Waals surface area contributed by atoms with E-state index in [1.807, 2.05) is 0 Å². The fourth-order valence-electron chi connectivity index (χ4n) is 4.00. The van der Waals surface area contributed by atoms with E-state index in [9.17, 15) is 25.5 Å². The van der Waals surface area contributed by atoms with Crippen LogP contribution in [-0.4, -0.2) is 62.3 Å². The average Bonchev–Trinajstić information content (AvgIpc) is 2.69. The highest BCUT2D eigenvalue weighted by atomic mass is 16.7. The Labute approximate surface area is 170 Å². The maximum atomic E-state index is 10.5. The van der Waals surface area contributed by atoms with Crippen molar-refractivity contribution in [3.05, 3.63) is 0 Å². The first kappa shape index (κ1) is 25.8. The van der Waals surface area contributed by atoms with Gasteiger partial charge in [-0.3, -0.25) is 0 Å². The van der Waals surface area contributed by atoms with Gasteiger partial charge in [-0.1, -0.05) is 90.4 Å². The summed E-state index contributed by atoms with van der Waals surface area (Å²) in [6, 6.07) is 0. The zero-order valence-corrected chi connectivity index (χ0v) is 17.8. The number of hydrogen-bond acceptors (Lipinski definition) is 6. The lowest BCUT2D eigenvalue weighted by Crippen LogP contribution is -2.65. The number of ether oxygens (including phenoxy) is 1. The molecule has 1 aliphatic heterocycles. The van der Waals surface area contributed by atoms with Gasteiger partial charge in [-0.15, -0.1) is 0 Å². The van der Waals surface area contributed by atoms with Crippen molar-refractivity contribution in [2.24, 2.45) is 0 Å². The monoisotopic (exact) mass is 404 g/mol. The molecule has 0 aromatic carbocycles. The predicted octanol–water partition coefficient (Wildman–Crippen LogP) is 3.02. The average molecular weight is 405 g/mol. The van der Waals surface area contributed by atoms with E-state index in [-0.39, 0.29) is 6.42 Å². The Bertz CT molecular complexity index is 378. The molecule has 1 rings (SSSR count). The highest BCUT2D eigenvalue weighted by Gasteiger charge is 2.51. The molecular weight excluding hydrogens is 360 g/mol. The molecule has 28 heavy (non-hydrogen) atoms. The molecule has 1 aliphatic rings. The van der Waals surface area contributed by atoms with E-state index in [1.54, 1.807) is 0 Å². The lowest BCUT2D eigenvalue weighted by molar-refractivity contribution is -0.351. The van der Waals surface area contributed by atoms with Crippen LogP contribution in [0.15, 0.2) is 0 Å². The molecule has 1 fully saturated rings.